The molecule has 4 heteroatoms. The highest BCUT2D eigenvalue weighted by atomic mass is 16.5. The second kappa shape index (κ2) is 4.57. The average Bonchev–Trinajstić information content (AvgIpc) is 2.95. The molecule has 0 radical (unpaired) electrons. The topological polar surface area (TPSA) is 52.3 Å². The van der Waals surface area contributed by atoms with E-state index in [1.54, 1.807) is 6.07 Å². The van der Waals surface area contributed by atoms with E-state index in [2.05, 4.69) is 9.89 Å². The number of rotatable bonds is 2. The summed E-state index contributed by atoms with van der Waals surface area (Å²) in [4.78, 5) is 11.4. The standard InChI is InChI=1S/C15H11NO3/c1-18-15(17)14-9-13(16-19-14)12-8-4-6-10-5-2-3-7-11(10)12/h2-9H,1H3. The lowest BCUT2D eigenvalue weighted by Crippen LogP contribution is -1.98. The minimum atomic E-state index is -0.529. The summed E-state index contributed by atoms with van der Waals surface area (Å²) in [6.07, 6.45) is 0. The third-order valence-electron chi connectivity index (χ3n) is 2.96. The molecule has 4 nitrogen and oxygen atoms in total. The van der Waals surface area contributed by atoms with Gasteiger partial charge in [-0.1, -0.05) is 47.6 Å². The Bertz CT molecular complexity index is 740. The van der Waals surface area contributed by atoms with Gasteiger partial charge in [0.2, 0.25) is 5.76 Å². The van der Waals surface area contributed by atoms with Crippen LogP contribution in [-0.2, 0) is 4.74 Å². The van der Waals surface area contributed by atoms with Gasteiger partial charge in [-0.15, -0.1) is 0 Å². The Labute approximate surface area is 109 Å². The maximum absolute atomic E-state index is 11.4. The van der Waals surface area contributed by atoms with E-state index in [0.29, 0.717) is 5.69 Å². The van der Waals surface area contributed by atoms with E-state index in [1.165, 1.54) is 7.11 Å². The van der Waals surface area contributed by atoms with Gasteiger partial charge in [-0.3, -0.25) is 0 Å². The Kier molecular flexibility index (Phi) is 2.76. The first-order valence-electron chi connectivity index (χ1n) is 5.83. The Morgan fingerprint density at radius 2 is 1.95 bits per heavy atom. The number of benzene rings is 2. The van der Waals surface area contributed by atoms with E-state index in [1.807, 2.05) is 42.5 Å². The lowest BCUT2D eigenvalue weighted by molar-refractivity contribution is 0.0554. The molecular formula is C15H11NO3. The molecular weight excluding hydrogens is 242 g/mol. The summed E-state index contributed by atoms with van der Waals surface area (Å²) in [5.41, 5.74) is 1.55. The number of carbonyl (C=O) groups is 1. The van der Waals surface area contributed by atoms with E-state index < -0.39 is 5.97 Å². The SMILES string of the molecule is COC(=O)c1cc(-c2cccc3ccccc23)no1. The molecule has 0 unspecified atom stereocenters. The first-order valence-corrected chi connectivity index (χ1v) is 5.83. The largest absolute Gasteiger partial charge is 0.463 e. The van der Waals surface area contributed by atoms with E-state index in [9.17, 15) is 4.79 Å². The lowest BCUT2D eigenvalue weighted by atomic mass is 10.0. The van der Waals surface area contributed by atoms with Gasteiger partial charge in [-0.25, -0.2) is 4.79 Å². The predicted octanol–water partition coefficient (Wildman–Crippen LogP) is 3.28. The summed E-state index contributed by atoms with van der Waals surface area (Å²) < 4.78 is 9.60. The molecule has 0 atom stereocenters. The van der Waals surface area contributed by atoms with Gasteiger partial charge in [0, 0.05) is 11.6 Å². The van der Waals surface area contributed by atoms with E-state index in [-0.39, 0.29) is 5.76 Å². The van der Waals surface area contributed by atoms with Crippen molar-refractivity contribution in [2.45, 2.75) is 0 Å². The molecule has 0 saturated carbocycles. The predicted molar refractivity (Wildman–Crippen MR) is 70.8 cm³/mol. The second-order valence-electron chi connectivity index (χ2n) is 4.09. The molecule has 0 amide bonds. The number of aromatic nitrogens is 1. The van der Waals surface area contributed by atoms with Crippen LogP contribution in [0.1, 0.15) is 10.6 Å². The number of nitrogens with zero attached hydrogens (tertiary/aromatic N) is 1. The van der Waals surface area contributed by atoms with Gasteiger partial charge in [0.1, 0.15) is 5.69 Å². The van der Waals surface area contributed by atoms with Gasteiger partial charge in [0.05, 0.1) is 7.11 Å². The molecule has 0 aliphatic heterocycles. The van der Waals surface area contributed by atoms with Crippen molar-refractivity contribution in [2.75, 3.05) is 7.11 Å². The van der Waals surface area contributed by atoms with Gasteiger partial charge < -0.3 is 9.26 Å². The van der Waals surface area contributed by atoms with Crippen molar-refractivity contribution in [3.05, 3.63) is 54.3 Å². The summed E-state index contributed by atoms with van der Waals surface area (Å²) in [5.74, 6) is -0.426. The Morgan fingerprint density at radius 1 is 1.16 bits per heavy atom. The summed E-state index contributed by atoms with van der Waals surface area (Å²) in [6.45, 7) is 0. The zero-order valence-electron chi connectivity index (χ0n) is 10.3. The molecule has 3 aromatic rings. The molecule has 0 fully saturated rings. The van der Waals surface area contributed by atoms with Gasteiger partial charge in [-0.2, -0.15) is 0 Å². The summed E-state index contributed by atoms with van der Waals surface area (Å²) in [5, 5.41) is 6.11. The number of fused-ring (bicyclic) bond motifs is 1. The van der Waals surface area contributed by atoms with Crippen LogP contribution >= 0.6 is 0 Å². The van der Waals surface area contributed by atoms with Gasteiger partial charge in [0.15, 0.2) is 0 Å². The first kappa shape index (κ1) is 11.5. The van der Waals surface area contributed by atoms with Crippen LogP contribution in [0.4, 0.5) is 0 Å². The highest BCUT2D eigenvalue weighted by molar-refractivity contribution is 5.96. The molecule has 0 aliphatic rings. The highest BCUT2D eigenvalue weighted by Crippen LogP contribution is 2.28. The van der Waals surface area contributed by atoms with Crippen molar-refractivity contribution in [1.29, 1.82) is 0 Å². The molecule has 0 spiro atoms. The summed E-state index contributed by atoms with van der Waals surface area (Å²) >= 11 is 0. The van der Waals surface area contributed by atoms with Crippen LogP contribution in [0.5, 0.6) is 0 Å². The number of methoxy groups -OCH3 is 1. The molecule has 0 N–H and O–H groups in total. The smallest absolute Gasteiger partial charge is 0.376 e. The molecule has 0 bridgehead atoms. The Hall–Kier alpha value is -2.62. The van der Waals surface area contributed by atoms with E-state index in [0.717, 1.165) is 16.3 Å². The number of esters is 1. The van der Waals surface area contributed by atoms with Crippen molar-refractivity contribution < 1.29 is 14.1 Å². The normalized spacial score (nSPS) is 10.6. The maximum atomic E-state index is 11.4. The molecule has 94 valence electrons. The Balaban J connectivity index is 2.14. The third-order valence-corrected chi connectivity index (χ3v) is 2.96. The summed E-state index contributed by atoms with van der Waals surface area (Å²) in [6, 6.07) is 15.5. The van der Waals surface area contributed by atoms with Crippen LogP contribution < -0.4 is 0 Å². The Morgan fingerprint density at radius 3 is 2.79 bits per heavy atom. The van der Waals surface area contributed by atoms with Gasteiger partial charge in [-0.05, 0) is 10.8 Å². The fraction of sp³-hybridized carbons (Fsp3) is 0.0667. The fourth-order valence-electron chi connectivity index (χ4n) is 2.05. The van der Waals surface area contributed by atoms with Crippen molar-refractivity contribution >= 4 is 16.7 Å². The number of ether oxygens (including phenoxy) is 1. The molecule has 0 aliphatic carbocycles. The number of carbonyl (C=O) groups excluding carboxylic acids is 1. The quantitative estimate of drug-likeness (QED) is 0.658. The minimum Gasteiger partial charge on any atom is -0.463 e. The molecule has 19 heavy (non-hydrogen) atoms. The van der Waals surface area contributed by atoms with Crippen molar-refractivity contribution in [1.82, 2.24) is 5.16 Å². The van der Waals surface area contributed by atoms with Crippen LogP contribution in [-0.4, -0.2) is 18.2 Å². The molecule has 1 heterocycles. The molecule has 1 aromatic heterocycles. The molecule has 0 saturated heterocycles. The van der Waals surface area contributed by atoms with Crippen LogP contribution in [0.15, 0.2) is 53.1 Å². The van der Waals surface area contributed by atoms with Crippen molar-refractivity contribution in [2.24, 2.45) is 0 Å². The second-order valence-corrected chi connectivity index (χ2v) is 4.09. The molecule has 3 rings (SSSR count). The monoisotopic (exact) mass is 253 g/mol. The zero-order chi connectivity index (χ0) is 13.2. The van der Waals surface area contributed by atoms with Crippen LogP contribution in [0, 0.1) is 0 Å². The van der Waals surface area contributed by atoms with Crippen LogP contribution in [0.25, 0.3) is 22.0 Å². The van der Waals surface area contributed by atoms with Crippen molar-refractivity contribution in [3.8, 4) is 11.3 Å². The van der Waals surface area contributed by atoms with Crippen molar-refractivity contribution in [3.63, 3.8) is 0 Å². The van der Waals surface area contributed by atoms with Gasteiger partial charge in [0.25, 0.3) is 0 Å². The van der Waals surface area contributed by atoms with E-state index in [4.69, 9.17) is 4.52 Å². The van der Waals surface area contributed by atoms with Gasteiger partial charge >= 0.3 is 5.97 Å². The fourth-order valence-corrected chi connectivity index (χ4v) is 2.05. The van der Waals surface area contributed by atoms with Crippen LogP contribution in [0.3, 0.4) is 0 Å². The van der Waals surface area contributed by atoms with E-state index >= 15 is 0 Å². The lowest BCUT2D eigenvalue weighted by Gasteiger charge is -2.02. The molecule has 2 aromatic carbocycles. The number of hydrogen-bond donors (Lipinski definition) is 0. The highest BCUT2D eigenvalue weighted by Gasteiger charge is 2.15. The first-order chi connectivity index (χ1) is 9.29. The van der Waals surface area contributed by atoms with Crippen LogP contribution in [0.2, 0.25) is 0 Å². The zero-order valence-corrected chi connectivity index (χ0v) is 10.3. The minimum absolute atomic E-state index is 0.102. The average molecular weight is 253 g/mol. The summed E-state index contributed by atoms with van der Waals surface area (Å²) in [7, 11) is 1.31. The number of hydrogen-bond acceptors (Lipinski definition) is 4. The third kappa shape index (κ3) is 1.97. The maximum Gasteiger partial charge on any atom is 0.376 e.